The number of aryl methyl sites for hydroxylation is 1. The first-order chi connectivity index (χ1) is 9.61. The molecule has 1 aromatic heterocycles. The highest BCUT2D eigenvalue weighted by Crippen LogP contribution is 2.23. The third-order valence-electron chi connectivity index (χ3n) is 2.99. The van der Waals surface area contributed by atoms with Gasteiger partial charge in [0.05, 0.1) is 10.9 Å². The van der Waals surface area contributed by atoms with Gasteiger partial charge in [-0.2, -0.15) is 0 Å². The van der Waals surface area contributed by atoms with Gasteiger partial charge in [0.15, 0.2) is 0 Å². The average molecular weight is 306 g/mol. The van der Waals surface area contributed by atoms with Gasteiger partial charge in [-0.3, -0.25) is 4.79 Å². The number of amides is 1. The normalized spacial score (nSPS) is 10.3. The second-order valence-electron chi connectivity index (χ2n) is 4.50. The van der Waals surface area contributed by atoms with Gasteiger partial charge in [0, 0.05) is 17.0 Å². The Morgan fingerprint density at radius 1 is 1.35 bits per heavy atom. The molecule has 1 amide bonds. The van der Waals surface area contributed by atoms with Crippen LogP contribution in [0.4, 0.5) is 0 Å². The lowest BCUT2D eigenvalue weighted by molar-refractivity contribution is 0.0763. The van der Waals surface area contributed by atoms with Crippen molar-refractivity contribution in [3.05, 3.63) is 69.4 Å². The first kappa shape index (κ1) is 14.8. The fourth-order valence-electron chi connectivity index (χ4n) is 1.98. The molecule has 2 rings (SSSR count). The lowest BCUT2D eigenvalue weighted by Gasteiger charge is -2.21. The van der Waals surface area contributed by atoms with Crippen LogP contribution in [0.25, 0.3) is 0 Å². The minimum atomic E-state index is 0.0209. The molecule has 0 atom stereocenters. The van der Waals surface area contributed by atoms with Crippen LogP contribution in [0.5, 0.6) is 0 Å². The fourth-order valence-corrected chi connectivity index (χ4v) is 3.09. The highest BCUT2D eigenvalue weighted by Gasteiger charge is 2.17. The molecule has 0 saturated heterocycles. The summed E-state index contributed by atoms with van der Waals surface area (Å²) in [5.41, 5.74) is 1.72. The third kappa shape index (κ3) is 3.50. The maximum absolute atomic E-state index is 12.6. The fraction of sp³-hybridized carbons (Fsp3) is 0.188. The summed E-state index contributed by atoms with van der Waals surface area (Å²) in [7, 11) is 0. The molecule has 0 N–H and O–H groups in total. The largest absolute Gasteiger partial charge is 0.330 e. The molecule has 4 heteroatoms. The number of carbonyl (C=O) groups excluding carboxylic acids is 1. The van der Waals surface area contributed by atoms with Crippen LogP contribution < -0.4 is 0 Å². The summed E-state index contributed by atoms with van der Waals surface area (Å²) in [5, 5.41) is 0. The zero-order chi connectivity index (χ0) is 14.5. The van der Waals surface area contributed by atoms with Crippen LogP contribution in [0.2, 0.25) is 4.34 Å². The first-order valence-electron chi connectivity index (χ1n) is 6.32. The Balaban J connectivity index is 2.22. The molecule has 0 radical (unpaired) electrons. The molecule has 2 nitrogen and oxygen atoms in total. The van der Waals surface area contributed by atoms with E-state index in [9.17, 15) is 4.79 Å². The van der Waals surface area contributed by atoms with Gasteiger partial charge < -0.3 is 4.90 Å². The molecule has 0 unspecified atom stereocenters. The number of rotatable bonds is 5. The van der Waals surface area contributed by atoms with Crippen LogP contribution in [-0.2, 0) is 6.54 Å². The van der Waals surface area contributed by atoms with E-state index < -0.39 is 0 Å². The highest BCUT2D eigenvalue weighted by molar-refractivity contribution is 7.16. The monoisotopic (exact) mass is 305 g/mol. The number of nitrogens with zero attached hydrogens (tertiary/aromatic N) is 1. The number of hydrogen-bond donors (Lipinski definition) is 0. The van der Waals surface area contributed by atoms with Gasteiger partial charge in [0.2, 0.25) is 0 Å². The van der Waals surface area contributed by atoms with Crippen molar-refractivity contribution in [2.45, 2.75) is 13.5 Å². The van der Waals surface area contributed by atoms with Crippen molar-refractivity contribution < 1.29 is 4.79 Å². The van der Waals surface area contributed by atoms with E-state index in [1.807, 2.05) is 43.3 Å². The molecule has 1 heterocycles. The topological polar surface area (TPSA) is 20.3 Å². The van der Waals surface area contributed by atoms with E-state index in [0.717, 1.165) is 20.3 Å². The standard InChI is InChI=1S/C16H16ClNOS/c1-3-10-18(11-13-8-9-15(17)20-13)16(19)14-7-5-4-6-12(14)2/h3-9H,1,10-11H2,2H3. The Labute approximate surface area is 128 Å². The van der Waals surface area contributed by atoms with Gasteiger partial charge in [-0.15, -0.1) is 17.9 Å². The number of carbonyl (C=O) groups is 1. The molecule has 20 heavy (non-hydrogen) atoms. The molecule has 0 saturated carbocycles. The van der Waals surface area contributed by atoms with Crippen LogP contribution in [0.1, 0.15) is 20.8 Å². The van der Waals surface area contributed by atoms with Crippen molar-refractivity contribution in [2.75, 3.05) is 6.54 Å². The second kappa shape index (κ2) is 6.73. The van der Waals surface area contributed by atoms with E-state index in [2.05, 4.69) is 6.58 Å². The summed E-state index contributed by atoms with van der Waals surface area (Å²) in [4.78, 5) is 15.5. The van der Waals surface area contributed by atoms with E-state index >= 15 is 0 Å². The third-order valence-corrected chi connectivity index (χ3v) is 4.20. The van der Waals surface area contributed by atoms with Crippen LogP contribution in [0, 0.1) is 6.92 Å². The molecule has 0 aliphatic carbocycles. The van der Waals surface area contributed by atoms with Crippen LogP contribution >= 0.6 is 22.9 Å². The van der Waals surface area contributed by atoms with Crippen molar-refractivity contribution in [1.82, 2.24) is 4.90 Å². The SMILES string of the molecule is C=CCN(Cc1ccc(Cl)s1)C(=O)c1ccccc1C. The molecule has 0 aliphatic heterocycles. The highest BCUT2D eigenvalue weighted by atomic mass is 35.5. The predicted molar refractivity (Wildman–Crippen MR) is 85.4 cm³/mol. The zero-order valence-electron chi connectivity index (χ0n) is 11.3. The van der Waals surface area contributed by atoms with E-state index in [4.69, 9.17) is 11.6 Å². The summed E-state index contributed by atoms with van der Waals surface area (Å²) in [6.45, 7) is 6.74. The maximum Gasteiger partial charge on any atom is 0.254 e. The van der Waals surface area contributed by atoms with Gasteiger partial charge in [-0.05, 0) is 30.7 Å². The van der Waals surface area contributed by atoms with Crippen molar-refractivity contribution in [2.24, 2.45) is 0 Å². The quantitative estimate of drug-likeness (QED) is 0.743. The molecule has 0 bridgehead atoms. The molecule has 1 aromatic carbocycles. The van der Waals surface area contributed by atoms with Gasteiger partial charge >= 0.3 is 0 Å². The van der Waals surface area contributed by atoms with Crippen LogP contribution in [0.15, 0.2) is 49.1 Å². The van der Waals surface area contributed by atoms with Gasteiger partial charge in [-0.1, -0.05) is 35.9 Å². The molecule has 2 aromatic rings. The molecular formula is C16H16ClNOS. The predicted octanol–water partition coefficient (Wildman–Crippen LogP) is 4.54. The van der Waals surface area contributed by atoms with Crippen molar-refractivity contribution in [3.63, 3.8) is 0 Å². The van der Waals surface area contributed by atoms with Crippen molar-refractivity contribution >= 4 is 28.8 Å². The van der Waals surface area contributed by atoms with E-state index in [1.165, 1.54) is 11.3 Å². The summed E-state index contributed by atoms with van der Waals surface area (Å²) >= 11 is 7.43. The summed E-state index contributed by atoms with van der Waals surface area (Å²) in [6.07, 6.45) is 1.74. The smallest absolute Gasteiger partial charge is 0.254 e. The molecule has 0 fully saturated rings. The number of hydrogen-bond acceptors (Lipinski definition) is 2. The van der Waals surface area contributed by atoms with Gasteiger partial charge in [0.25, 0.3) is 5.91 Å². The van der Waals surface area contributed by atoms with Crippen molar-refractivity contribution in [1.29, 1.82) is 0 Å². The van der Waals surface area contributed by atoms with E-state index in [1.54, 1.807) is 11.0 Å². The Hall–Kier alpha value is -1.58. The molecule has 0 spiro atoms. The lowest BCUT2D eigenvalue weighted by Crippen LogP contribution is -2.30. The summed E-state index contributed by atoms with van der Waals surface area (Å²) in [5.74, 6) is 0.0209. The maximum atomic E-state index is 12.6. The Morgan fingerprint density at radius 3 is 2.70 bits per heavy atom. The second-order valence-corrected chi connectivity index (χ2v) is 6.29. The number of benzene rings is 1. The minimum Gasteiger partial charge on any atom is -0.330 e. The molecule has 0 aliphatic rings. The Bertz CT molecular complexity index is 620. The number of halogens is 1. The lowest BCUT2D eigenvalue weighted by atomic mass is 10.1. The van der Waals surface area contributed by atoms with Crippen molar-refractivity contribution in [3.8, 4) is 0 Å². The average Bonchev–Trinajstić information content (AvgIpc) is 2.83. The van der Waals surface area contributed by atoms with Crippen LogP contribution in [0.3, 0.4) is 0 Å². The van der Waals surface area contributed by atoms with Crippen LogP contribution in [-0.4, -0.2) is 17.4 Å². The minimum absolute atomic E-state index is 0.0209. The summed E-state index contributed by atoms with van der Waals surface area (Å²) in [6, 6.07) is 11.4. The molecule has 104 valence electrons. The number of thiophene rings is 1. The zero-order valence-corrected chi connectivity index (χ0v) is 12.9. The Morgan fingerprint density at radius 2 is 2.10 bits per heavy atom. The molecular weight excluding hydrogens is 290 g/mol. The Kier molecular flexibility index (Phi) is 4.99. The van der Waals surface area contributed by atoms with E-state index in [-0.39, 0.29) is 5.91 Å². The first-order valence-corrected chi connectivity index (χ1v) is 7.51. The summed E-state index contributed by atoms with van der Waals surface area (Å²) < 4.78 is 0.738. The van der Waals surface area contributed by atoms with E-state index in [0.29, 0.717) is 13.1 Å². The van der Waals surface area contributed by atoms with Gasteiger partial charge in [0.1, 0.15) is 0 Å². The van der Waals surface area contributed by atoms with Gasteiger partial charge in [-0.25, -0.2) is 0 Å².